The fraction of sp³-hybridized carbons (Fsp3) is 0.562. The van der Waals surface area contributed by atoms with Crippen molar-refractivity contribution in [2.24, 2.45) is 16.6 Å². The molecule has 4 nitrogen and oxygen atoms in total. The van der Waals surface area contributed by atoms with E-state index >= 15 is 0 Å². The molecule has 0 aliphatic carbocycles. The van der Waals surface area contributed by atoms with E-state index in [2.05, 4.69) is 16.8 Å². The average Bonchev–Trinajstić information content (AvgIpc) is 2.51. The third kappa shape index (κ3) is 5.16. The van der Waals surface area contributed by atoms with Crippen molar-refractivity contribution in [3.8, 4) is 5.75 Å². The summed E-state index contributed by atoms with van der Waals surface area (Å²) in [5.74, 6) is 1.61. The maximum absolute atomic E-state index is 12.1. The molecule has 2 N–H and O–H groups in total. The molecule has 0 radical (unpaired) electrons. The molecule has 22 heavy (non-hydrogen) atoms. The number of rotatable bonds is 5. The first-order valence-corrected chi connectivity index (χ1v) is 7.59. The number of nitrogens with zero attached hydrogens (tertiary/aromatic N) is 2. The van der Waals surface area contributed by atoms with Crippen LogP contribution in [0.1, 0.15) is 25.3 Å². The Morgan fingerprint density at radius 1 is 1.50 bits per heavy atom. The minimum atomic E-state index is -2.47. The molecule has 6 heteroatoms. The van der Waals surface area contributed by atoms with Gasteiger partial charge in [-0.1, -0.05) is 19.1 Å². The van der Waals surface area contributed by atoms with Gasteiger partial charge < -0.3 is 15.4 Å². The molecule has 2 rings (SSSR count). The van der Waals surface area contributed by atoms with E-state index < -0.39 is 13.0 Å². The summed E-state index contributed by atoms with van der Waals surface area (Å²) in [7, 11) is 0. The van der Waals surface area contributed by atoms with Gasteiger partial charge in [0.05, 0.1) is 6.54 Å². The smallest absolute Gasteiger partial charge is 0.272 e. The van der Waals surface area contributed by atoms with E-state index in [1.54, 1.807) is 18.2 Å². The maximum atomic E-state index is 12.1. The van der Waals surface area contributed by atoms with Gasteiger partial charge in [0, 0.05) is 13.1 Å². The quantitative estimate of drug-likeness (QED) is 0.672. The van der Waals surface area contributed by atoms with Gasteiger partial charge in [-0.25, -0.2) is 13.8 Å². The van der Waals surface area contributed by atoms with E-state index in [9.17, 15) is 8.78 Å². The van der Waals surface area contributed by atoms with Crippen LogP contribution in [0.25, 0.3) is 0 Å². The second kappa shape index (κ2) is 7.96. The molecule has 0 bridgehead atoms. The van der Waals surface area contributed by atoms with E-state index in [1.807, 2.05) is 6.07 Å². The highest BCUT2D eigenvalue weighted by Gasteiger charge is 2.17. The number of alkyl halides is 2. The van der Waals surface area contributed by atoms with Gasteiger partial charge in [-0.3, -0.25) is 0 Å². The van der Waals surface area contributed by atoms with Gasteiger partial charge in [-0.2, -0.15) is 0 Å². The Bertz CT molecular complexity index is 508. The number of nitrogens with two attached hydrogens (primary N) is 1. The number of hydrogen-bond donors (Lipinski definition) is 1. The molecular weight excluding hydrogens is 288 g/mol. The van der Waals surface area contributed by atoms with Gasteiger partial charge in [-0.05, 0) is 36.5 Å². The molecule has 0 aromatic heterocycles. The second-order valence-electron chi connectivity index (χ2n) is 5.72. The van der Waals surface area contributed by atoms with E-state index in [4.69, 9.17) is 10.5 Å². The van der Waals surface area contributed by atoms with E-state index in [-0.39, 0.29) is 0 Å². The summed E-state index contributed by atoms with van der Waals surface area (Å²) < 4.78 is 29.3. The van der Waals surface area contributed by atoms with Crippen molar-refractivity contribution < 1.29 is 13.5 Å². The van der Waals surface area contributed by atoms with Gasteiger partial charge in [0.1, 0.15) is 12.4 Å². The number of ether oxygens (including phenoxy) is 1. The van der Waals surface area contributed by atoms with Crippen molar-refractivity contribution in [2.75, 3.05) is 19.7 Å². The third-order valence-corrected chi connectivity index (χ3v) is 3.68. The molecular formula is C16H23F2N3O. The van der Waals surface area contributed by atoms with Crippen LogP contribution in [0.2, 0.25) is 0 Å². The zero-order chi connectivity index (χ0) is 15.9. The van der Waals surface area contributed by atoms with Crippen molar-refractivity contribution in [3.05, 3.63) is 29.8 Å². The van der Waals surface area contributed by atoms with Crippen LogP contribution < -0.4 is 10.5 Å². The van der Waals surface area contributed by atoms with Crippen molar-refractivity contribution in [1.29, 1.82) is 0 Å². The van der Waals surface area contributed by atoms with Crippen LogP contribution in [-0.4, -0.2) is 37.0 Å². The fourth-order valence-corrected chi connectivity index (χ4v) is 2.56. The number of halogens is 2. The molecule has 1 aliphatic heterocycles. The monoisotopic (exact) mass is 311 g/mol. The summed E-state index contributed by atoms with van der Waals surface area (Å²) in [6, 6.07) is 7.03. The van der Waals surface area contributed by atoms with Crippen LogP contribution in [0.5, 0.6) is 5.75 Å². The Morgan fingerprint density at radius 3 is 3.05 bits per heavy atom. The molecule has 0 spiro atoms. The Morgan fingerprint density at radius 2 is 2.32 bits per heavy atom. The molecule has 1 saturated heterocycles. The molecule has 0 amide bonds. The van der Waals surface area contributed by atoms with Crippen LogP contribution in [0.4, 0.5) is 8.78 Å². The number of piperidine rings is 1. The summed E-state index contributed by atoms with van der Waals surface area (Å²) in [6.07, 6.45) is -0.111. The maximum Gasteiger partial charge on any atom is 0.272 e. The lowest BCUT2D eigenvalue weighted by Gasteiger charge is -2.31. The predicted molar refractivity (Wildman–Crippen MR) is 83.2 cm³/mol. The minimum Gasteiger partial charge on any atom is -0.488 e. The van der Waals surface area contributed by atoms with E-state index in [0.29, 0.717) is 24.2 Å². The summed E-state index contributed by atoms with van der Waals surface area (Å²) in [6.45, 7) is 3.91. The van der Waals surface area contributed by atoms with Crippen molar-refractivity contribution >= 4 is 5.96 Å². The first-order chi connectivity index (χ1) is 10.5. The van der Waals surface area contributed by atoms with Gasteiger partial charge in [0.2, 0.25) is 0 Å². The molecule has 0 saturated carbocycles. The lowest BCUT2D eigenvalue weighted by molar-refractivity contribution is 0.0818. The number of likely N-dealkylation sites (tertiary alicyclic amines) is 1. The number of hydrogen-bond acceptors (Lipinski definition) is 2. The molecule has 1 aliphatic rings. The van der Waals surface area contributed by atoms with Gasteiger partial charge >= 0.3 is 0 Å². The molecule has 1 fully saturated rings. The predicted octanol–water partition coefficient (Wildman–Crippen LogP) is 2.88. The summed E-state index contributed by atoms with van der Waals surface area (Å²) in [5, 5.41) is 0. The van der Waals surface area contributed by atoms with Crippen LogP contribution in [0, 0.1) is 5.92 Å². The average molecular weight is 311 g/mol. The topological polar surface area (TPSA) is 50.8 Å². The van der Waals surface area contributed by atoms with Gasteiger partial charge in [0.15, 0.2) is 5.96 Å². The fourth-order valence-electron chi connectivity index (χ4n) is 2.56. The number of benzene rings is 1. The van der Waals surface area contributed by atoms with E-state index in [0.717, 1.165) is 25.1 Å². The van der Waals surface area contributed by atoms with Crippen molar-refractivity contribution in [3.63, 3.8) is 0 Å². The minimum absolute atomic E-state index is 0.419. The largest absolute Gasteiger partial charge is 0.488 e. The second-order valence-corrected chi connectivity index (χ2v) is 5.72. The normalized spacial score (nSPS) is 19.5. The Labute approximate surface area is 130 Å². The standard InChI is InChI=1S/C16H23F2N3O/c1-12-4-3-7-21(10-12)16(19)20-9-13-5-2-6-14(8-13)22-11-15(17)18/h2,5-6,8,12,15H,3-4,7,9-11H2,1H3,(H2,19,20). The number of aliphatic imine (C=N–C) groups is 1. The van der Waals surface area contributed by atoms with Gasteiger partial charge in [-0.15, -0.1) is 0 Å². The Kier molecular flexibility index (Phi) is 5.98. The van der Waals surface area contributed by atoms with Crippen molar-refractivity contribution in [2.45, 2.75) is 32.7 Å². The SMILES string of the molecule is CC1CCCN(C(N)=NCc2cccc(OCC(F)F)c2)C1. The van der Waals surface area contributed by atoms with Crippen LogP contribution in [0.15, 0.2) is 29.3 Å². The summed E-state index contributed by atoms with van der Waals surface area (Å²) >= 11 is 0. The Hall–Kier alpha value is -1.85. The highest BCUT2D eigenvalue weighted by Crippen LogP contribution is 2.17. The highest BCUT2D eigenvalue weighted by molar-refractivity contribution is 5.78. The molecule has 1 atom stereocenters. The summed E-state index contributed by atoms with van der Waals surface area (Å²) in [4.78, 5) is 6.51. The molecule has 1 heterocycles. The highest BCUT2D eigenvalue weighted by atomic mass is 19.3. The lowest BCUT2D eigenvalue weighted by atomic mass is 10.0. The van der Waals surface area contributed by atoms with Crippen LogP contribution in [0.3, 0.4) is 0 Å². The first kappa shape index (κ1) is 16.5. The molecule has 1 unspecified atom stereocenters. The van der Waals surface area contributed by atoms with Gasteiger partial charge in [0.25, 0.3) is 6.43 Å². The molecule has 1 aromatic rings. The zero-order valence-electron chi connectivity index (χ0n) is 12.8. The molecule has 122 valence electrons. The third-order valence-electron chi connectivity index (χ3n) is 3.68. The van der Waals surface area contributed by atoms with Crippen LogP contribution >= 0.6 is 0 Å². The van der Waals surface area contributed by atoms with Crippen LogP contribution in [-0.2, 0) is 6.54 Å². The zero-order valence-corrected chi connectivity index (χ0v) is 12.8. The Balaban J connectivity index is 1.92. The summed E-state index contributed by atoms with van der Waals surface area (Å²) in [5.41, 5.74) is 6.93. The van der Waals surface area contributed by atoms with Crippen molar-refractivity contribution in [1.82, 2.24) is 4.90 Å². The first-order valence-electron chi connectivity index (χ1n) is 7.59. The molecule has 1 aromatic carbocycles. The lowest BCUT2D eigenvalue weighted by Crippen LogP contribution is -2.43. The number of guanidine groups is 1. The van der Waals surface area contributed by atoms with E-state index in [1.165, 1.54) is 6.42 Å².